The molecular formula is C18H22N2O3. The van der Waals surface area contributed by atoms with E-state index < -0.39 is 0 Å². The summed E-state index contributed by atoms with van der Waals surface area (Å²) in [6.45, 7) is 5.16. The van der Waals surface area contributed by atoms with Crippen LogP contribution in [0.1, 0.15) is 23.8 Å². The molecule has 5 nitrogen and oxygen atoms in total. The largest absolute Gasteiger partial charge is 0.494 e. The van der Waals surface area contributed by atoms with E-state index in [0.29, 0.717) is 19.7 Å². The first-order chi connectivity index (χ1) is 11.2. The van der Waals surface area contributed by atoms with Crippen LogP contribution in [0, 0.1) is 0 Å². The van der Waals surface area contributed by atoms with Gasteiger partial charge in [-0.05, 0) is 48.7 Å². The van der Waals surface area contributed by atoms with Gasteiger partial charge in [0.05, 0.1) is 26.0 Å². The number of carbonyl (C=O) groups is 1. The average Bonchev–Trinajstić information content (AvgIpc) is 3.06. The number of fused-ring (bicyclic) bond motifs is 1. The summed E-state index contributed by atoms with van der Waals surface area (Å²) in [4.78, 5) is 14.2. The molecule has 0 saturated carbocycles. The van der Waals surface area contributed by atoms with E-state index in [4.69, 9.17) is 9.15 Å². The summed E-state index contributed by atoms with van der Waals surface area (Å²) in [5.74, 6) is 1.69. The molecule has 1 aliphatic heterocycles. The van der Waals surface area contributed by atoms with Crippen molar-refractivity contribution in [3.8, 4) is 5.75 Å². The van der Waals surface area contributed by atoms with Gasteiger partial charge in [-0.15, -0.1) is 0 Å². The minimum atomic E-state index is 0.0193. The molecule has 1 aromatic carbocycles. The first kappa shape index (κ1) is 15.6. The molecule has 0 radical (unpaired) electrons. The molecule has 122 valence electrons. The molecule has 2 heterocycles. The van der Waals surface area contributed by atoms with Crippen LogP contribution >= 0.6 is 0 Å². The summed E-state index contributed by atoms with van der Waals surface area (Å²) in [7, 11) is 0. The smallest absolute Gasteiger partial charge is 0.234 e. The van der Waals surface area contributed by atoms with Crippen LogP contribution in [0.5, 0.6) is 5.75 Å². The maximum Gasteiger partial charge on any atom is 0.234 e. The minimum Gasteiger partial charge on any atom is -0.494 e. The van der Waals surface area contributed by atoms with Crippen LogP contribution in [0.4, 0.5) is 0 Å². The van der Waals surface area contributed by atoms with Gasteiger partial charge in [0.25, 0.3) is 0 Å². The Balaban J connectivity index is 1.54. The normalized spacial score (nSPS) is 14.3. The molecule has 0 bridgehead atoms. The molecule has 1 amide bonds. The number of rotatable bonds is 6. The van der Waals surface area contributed by atoms with Crippen molar-refractivity contribution >= 4 is 5.91 Å². The van der Waals surface area contributed by atoms with Crippen molar-refractivity contribution < 1.29 is 13.9 Å². The molecule has 3 rings (SSSR count). The number of carbonyl (C=O) groups excluding carboxylic acids is 1. The van der Waals surface area contributed by atoms with Gasteiger partial charge in [0.2, 0.25) is 5.91 Å². The van der Waals surface area contributed by atoms with E-state index in [2.05, 4.69) is 22.3 Å². The Morgan fingerprint density at radius 2 is 2.26 bits per heavy atom. The Bertz CT molecular complexity index is 652. The maximum absolute atomic E-state index is 12.1. The molecule has 0 saturated heterocycles. The van der Waals surface area contributed by atoms with Gasteiger partial charge in [-0.2, -0.15) is 0 Å². The lowest BCUT2D eigenvalue weighted by Gasteiger charge is -2.28. The fourth-order valence-corrected chi connectivity index (χ4v) is 2.84. The van der Waals surface area contributed by atoms with Crippen molar-refractivity contribution in [3.05, 3.63) is 53.5 Å². The highest BCUT2D eigenvalue weighted by Crippen LogP contribution is 2.23. The molecule has 0 fully saturated rings. The number of ether oxygens (including phenoxy) is 1. The van der Waals surface area contributed by atoms with Crippen LogP contribution in [0.25, 0.3) is 0 Å². The van der Waals surface area contributed by atoms with Crippen molar-refractivity contribution in [1.82, 2.24) is 10.2 Å². The van der Waals surface area contributed by atoms with Crippen LogP contribution < -0.4 is 10.1 Å². The van der Waals surface area contributed by atoms with E-state index in [9.17, 15) is 4.79 Å². The SMILES string of the molecule is CCOc1ccc2c(c1)CN(CC(=O)NCc1ccco1)CC2. The summed E-state index contributed by atoms with van der Waals surface area (Å²) in [6.07, 6.45) is 2.58. The lowest BCUT2D eigenvalue weighted by molar-refractivity contribution is -0.122. The maximum atomic E-state index is 12.1. The molecule has 0 unspecified atom stereocenters. The summed E-state index contributed by atoms with van der Waals surface area (Å²) < 4.78 is 10.8. The first-order valence-corrected chi connectivity index (χ1v) is 8.00. The second kappa shape index (κ2) is 7.33. The molecular weight excluding hydrogens is 292 g/mol. The monoisotopic (exact) mass is 314 g/mol. The van der Waals surface area contributed by atoms with Crippen LogP contribution in [-0.2, 0) is 24.3 Å². The number of nitrogens with one attached hydrogen (secondary N) is 1. The third kappa shape index (κ3) is 4.13. The van der Waals surface area contributed by atoms with E-state index in [1.54, 1.807) is 6.26 Å². The number of nitrogens with zero attached hydrogens (tertiary/aromatic N) is 1. The summed E-state index contributed by atoms with van der Waals surface area (Å²) >= 11 is 0. The lowest BCUT2D eigenvalue weighted by Crippen LogP contribution is -2.39. The van der Waals surface area contributed by atoms with Gasteiger partial charge in [-0.3, -0.25) is 9.69 Å². The van der Waals surface area contributed by atoms with Gasteiger partial charge < -0.3 is 14.5 Å². The van der Waals surface area contributed by atoms with Gasteiger partial charge in [0.15, 0.2) is 0 Å². The van der Waals surface area contributed by atoms with Crippen molar-refractivity contribution in [2.75, 3.05) is 19.7 Å². The minimum absolute atomic E-state index is 0.0193. The third-order valence-corrected chi connectivity index (χ3v) is 3.99. The first-order valence-electron chi connectivity index (χ1n) is 8.00. The van der Waals surface area contributed by atoms with Gasteiger partial charge in [0, 0.05) is 13.1 Å². The molecule has 23 heavy (non-hydrogen) atoms. The van der Waals surface area contributed by atoms with Crippen molar-refractivity contribution in [1.29, 1.82) is 0 Å². The average molecular weight is 314 g/mol. The van der Waals surface area contributed by atoms with Crippen molar-refractivity contribution in [2.45, 2.75) is 26.4 Å². The zero-order valence-electron chi connectivity index (χ0n) is 13.4. The van der Waals surface area contributed by atoms with Gasteiger partial charge >= 0.3 is 0 Å². The van der Waals surface area contributed by atoms with Gasteiger partial charge in [0.1, 0.15) is 11.5 Å². The zero-order valence-corrected chi connectivity index (χ0v) is 13.4. The lowest BCUT2D eigenvalue weighted by atomic mass is 9.99. The zero-order chi connectivity index (χ0) is 16.1. The second-order valence-electron chi connectivity index (χ2n) is 5.68. The number of hydrogen-bond acceptors (Lipinski definition) is 4. The second-order valence-corrected chi connectivity index (χ2v) is 5.68. The summed E-state index contributed by atoms with van der Waals surface area (Å²) in [5.41, 5.74) is 2.60. The fraction of sp³-hybridized carbons (Fsp3) is 0.389. The highest BCUT2D eigenvalue weighted by Gasteiger charge is 2.19. The highest BCUT2D eigenvalue weighted by molar-refractivity contribution is 5.78. The van der Waals surface area contributed by atoms with Crippen LogP contribution in [0.3, 0.4) is 0 Å². The Hall–Kier alpha value is -2.27. The highest BCUT2D eigenvalue weighted by atomic mass is 16.5. The van der Waals surface area contributed by atoms with E-state index in [-0.39, 0.29) is 5.91 Å². The van der Waals surface area contributed by atoms with Gasteiger partial charge in [-0.1, -0.05) is 6.07 Å². The molecule has 1 aromatic heterocycles. The number of hydrogen-bond donors (Lipinski definition) is 1. The van der Waals surface area contributed by atoms with E-state index in [1.807, 2.05) is 25.1 Å². The number of benzene rings is 1. The Morgan fingerprint density at radius 3 is 3.04 bits per heavy atom. The predicted molar refractivity (Wildman–Crippen MR) is 87.1 cm³/mol. The Morgan fingerprint density at radius 1 is 1.35 bits per heavy atom. The van der Waals surface area contributed by atoms with Crippen LogP contribution in [0.2, 0.25) is 0 Å². The Kier molecular flexibility index (Phi) is 4.98. The van der Waals surface area contributed by atoms with E-state index >= 15 is 0 Å². The van der Waals surface area contributed by atoms with Gasteiger partial charge in [-0.25, -0.2) is 0 Å². The summed E-state index contributed by atoms with van der Waals surface area (Å²) in [5, 5.41) is 2.89. The standard InChI is InChI=1S/C18H22N2O3/c1-2-22-16-6-5-14-7-8-20(12-15(14)10-16)13-18(21)19-11-17-4-3-9-23-17/h3-6,9-10H,2,7-8,11-13H2,1H3,(H,19,21). The molecule has 5 heteroatoms. The number of furan rings is 1. The van der Waals surface area contributed by atoms with Crippen molar-refractivity contribution in [2.24, 2.45) is 0 Å². The molecule has 2 aromatic rings. The number of amides is 1. The fourth-order valence-electron chi connectivity index (χ4n) is 2.84. The third-order valence-electron chi connectivity index (χ3n) is 3.99. The summed E-state index contributed by atoms with van der Waals surface area (Å²) in [6, 6.07) is 9.92. The van der Waals surface area contributed by atoms with Crippen molar-refractivity contribution in [3.63, 3.8) is 0 Å². The Labute approximate surface area is 136 Å². The van der Waals surface area contributed by atoms with E-state index in [0.717, 1.165) is 31.0 Å². The quantitative estimate of drug-likeness (QED) is 0.889. The molecule has 0 aliphatic carbocycles. The topological polar surface area (TPSA) is 54.7 Å². The van der Waals surface area contributed by atoms with Crippen LogP contribution in [-0.4, -0.2) is 30.5 Å². The molecule has 0 spiro atoms. The molecule has 0 atom stereocenters. The van der Waals surface area contributed by atoms with Crippen LogP contribution in [0.15, 0.2) is 41.0 Å². The van der Waals surface area contributed by atoms with E-state index in [1.165, 1.54) is 11.1 Å². The molecule has 1 N–H and O–H groups in total. The predicted octanol–water partition coefficient (Wildman–Crippen LogP) is 2.35. The molecule has 1 aliphatic rings.